The average molecular weight is 412 g/mol. The first kappa shape index (κ1) is 18.9. The minimum atomic E-state index is -0.302. The number of nitrogens with zero attached hydrogens (tertiary/aromatic N) is 2. The molecular weight excluding hydrogens is 392 g/mol. The fourth-order valence-electron chi connectivity index (χ4n) is 3.59. The largest absolute Gasteiger partial charge is 0.454 e. The molecule has 7 nitrogen and oxygen atoms in total. The highest BCUT2D eigenvalue weighted by Gasteiger charge is 2.22. The van der Waals surface area contributed by atoms with Crippen molar-refractivity contribution >= 4 is 28.8 Å². The quantitative estimate of drug-likeness (QED) is 0.646. The third-order valence-corrected chi connectivity index (χ3v) is 5.07. The number of para-hydroxylation sites is 1. The van der Waals surface area contributed by atoms with Crippen molar-refractivity contribution in [3.05, 3.63) is 83.4 Å². The zero-order valence-electron chi connectivity index (χ0n) is 16.9. The summed E-state index contributed by atoms with van der Waals surface area (Å²) >= 11 is 0. The minimum Gasteiger partial charge on any atom is -0.454 e. The van der Waals surface area contributed by atoms with Gasteiger partial charge in [0, 0.05) is 34.6 Å². The maximum Gasteiger partial charge on any atom is 0.323 e. The Bertz CT molecular complexity index is 1200. The lowest BCUT2D eigenvalue weighted by molar-refractivity contribution is 0.174. The molecule has 2 aliphatic heterocycles. The second-order valence-corrected chi connectivity index (χ2v) is 7.35. The molecule has 0 radical (unpaired) electrons. The molecule has 154 valence electrons. The summed E-state index contributed by atoms with van der Waals surface area (Å²) in [7, 11) is 0. The summed E-state index contributed by atoms with van der Waals surface area (Å²) in [5.74, 6) is 1.46. The van der Waals surface area contributed by atoms with Crippen LogP contribution in [0, 0.1) is 0 Å². The summed E-state index contributed by atoms with van der Waals surface area (Å²) in [6.07, 6.45) is 0.693. The molecule has 7 heteroatoms. The van der Waals surface area contributed by atoms with E-state index in [1.165, 1.54) is 0 Å². The first-order chi connectivity index (χ1) is 15.2. The maximum absolute atomic E-state index is 12.2. The van der Waals surface area contributed by atoms with Crippen molar-refractivity contribution in [2.75, 3.05) is 17.4 Å². The van der Waals surface area contributed by atoms with Gasteiger partial charge in [0.15, 0.2) is 11.5 Å². The predicted octanol–water partition coefficient (Wildman–Crippen LogP) is 4.83. The van der Waals surface area contributed by atoms with E-state index in [2.05, 4.69) is 20.8 Å². The zero-order valence-corrected chi connectivity index (χ0v) is 16.9. The smallest absolute Gasteiger partial charge is 0.323 e. The van der Waals surface area contributed by atoms with Gasteiger partial charge in [0.05, 0.1) is 0 Å². The van der Waals surface area contributed by atoms with E-state index in [-0.39, 0.29) is 12.8 Å². The molecule has 0 aromatic heterocycles. The van der Waals surface area contributed by atoms with Crippen LogP contribution in [0.5, 0.6) is 11.5 Å². The Labute approximate surface area is 179 Å². The van der Waals surface area contributed by atoms with Crippen molar-refractivity contribution in [3.8, 4) is 11.5 Å². The summed E-state index contributed by atoms with van der Waals surface area (Å²) in [6, 6.07) is 20.5. The third-order valence-electron chi connectivity index (χ3n) is 5.07. The molecular formula is C24H20N4O3. The lowest BCUT2D eigenvalue weighted by Crippen LogP contribution is -2.19. The van der Waals surface area contributed by atoms with Gasteiger partial charge in [-0.3, -0.25) is 0 Å². The Morgan fingerprint density at radius 1 is 0.871 bits per heavy atom. The number of hydrogen-bond donors (Lipinski definition) is 2. The highest BCUT2D eigenvalue weighted by Crippen LogP contribution is 2.36. The van der Waals surface area contributed by atoms with Crippen LogP contribution in [0.1, 0.15) is 23.6 Å². The first-order valence-electron chi connectivity index (χ1n) is 9.93. The normalized spacial score (nSPS) is 14.1. The van der Waals surface area contributed by atoms with Crippen molar-refractivity contribution in [1.29, 1.82) is 0 Å². The van der Waals surface area contributed by atoms with E-state index in [0.717, 1.165) is 39.6 Å². The Morgan fingerprint density at radius 3 is 2.29 bits per heavy atom. The third kappa shape index (κ3) is 3.98. The van der Waals surface area contributed by atoms with Gasteiger partial charge in [-0.15, -0.1) is 5.10 Å². The molecule has 2 N–H and O–H groups in total. The van der Waals surface area contributed by atoms with E-state index >= 15 is 0 Å². The topological polar surface area (TPSA) is 84.3 Å². The number of ether oxygens (including phenoxy) is 2. The number of fused-ring (bicyclic) bond motifs is 2. The number of carbonyl (C=O) groups excluding carboxylic acids is 1. The SMILES string of the molecule is CC1=NN=C(c2ccc(NC(=O)Nc3ccccc3)cc2)c2cc3c(cc2C1)OCO3. The van der Waals surface area contributed by atoms with Gasteiger partial charge in [-0.1, -0.05) is 30.3 Å². The molecule has 2 heterocycles. The van der Waals surface area contributed by atoms with E-state index < -0.39 is 0 Å². The van der Waals surface area contributed by atoms with Crippen LogP contribution in [-0.4, -0.2) is 24.2 Å². The van der Waals surface area contributed by atoms with E-state index in [1.54, 1.807) is 0 Å². The van der Waals surface area contributed by atoms with Crippen molar-refractivity contribution < 1.29 is 14.3 Å². The second-order valence-electron chi connectivity index (χ2n) is 7.35. The Hall–Kier alpha value is -4.13. The number of hydrogen-bond acceptors (Lipinski definition) is 5. The highest BCUT2D eigenvalue weighted by molar-refractivity contribution is 6.15. The van der Waals surface area contributed by atoms with Crippen molar-refractivity contribution in [2.45, 2.75) is 13.3 Å². The standard InChI is InChI=1S/C24H20N4O3/c1-15-11-17-12-21-22(31-14-30-21)13-20(17)23(28-27-15)16-7-9-19(10-8-16)26-24(29)25-18-5-3-2-4-6-18/h2-10,12-13H,11,14H2,1H3,(H2,25,26,29). The molecule has 0 unspecified atom stereocenters. The van der Waals surface area contributed by atoms with Gasteiger partial charge >= 0.3 is 6.03 Å². The number of carbonyl (C=O) groups is 1. The molecule has 0 saturated heterocycles. The van der Waals surface area contributed by atoms with Crippen molar-refractivity contribution in [2.24, 2.45) is 10.2 Å². The van der Waals surface area contributed by atoms with Gasteiger partial charge < -0.3 is 20.1 Å². The first-order valence-corrected chi connectivity index (χ1v) is 9.93. The van der Waals surface area contributed by atoms with Gasteiger partial charge in [-0.2, -0.15) is 5.10 Å². The van der Waals surface area contributed by atoms with Gasteiger partial charge in [0.2, 0.25) is 6.79 Å². The maximum atomic E-state index is 12.2. The molecule has 5 rings (SSSR count). The number of urea groups is 1. The Kier molecular flexibility index (Phi) is 4.84. The molecule has 2 amide bonds. The molecule has 3 aromatic carbocycles. The molecule has 0 fully saturated rings. The number of nitrogens with one attached hydrogen (secondary N) is 2. The molecule has 31 heavy (non-hydrogen) atoms. The summed E-state index contributed by atoms with van der Waals surface area (Å²) in [6.45, 7) is 2.18. The molecule has 2 aliphatic rings. The van der Waals surface area contributed by atoms with Crippen LogP contribution in [0.25, 0.3) is 0 Å². The fourth-order valence-corrected chi connectivity index (χ4v) is 3.59. The Balaban J connectivity index is 1.39. The average Bonchev–Trinajstić information content (AvgIpc) is 3.16. The molecule has 0 spiro atoms. The van der Waals surface area contributed by atoms with Gasteiger partial charge in [0.1, 0.15) is 5.71 Å². The van der Waals surface area contributed by atoms with E-state index in [1.807, 2.05) is 73.7 Å². The summed E-state index contributed by atoms with van der Waals surface area (Å²) in [5.41, 5.74) is 6.03. The molecule has 0 atom stereocenters. The van der Waals surface area contributed by atoms with Crippen LogP contribution in [-0.2, 0) is 6.42 Å². The van der Waals surface area contributed by atoms with Crippen LogP contribution in [0.4, 0.5) is 16.2 Å². The second kappa shape index (κ2) is 7.95. The fraction of sp³-hybridized carbons (Fsp3) is 0.125. The lowest BCUT2D eigenvalue weighted by Gasteiger charge is -2.12. The minimum absolute atomic E-state index is 0.225. The van der Waals surface area contributed by atoms with Gasteiger partial charge in [-0.05, 0) is 48.9 Å². The van der Waals surface area contributed by atoms with Gasteiger partial charge in [0.25, 0.3) is 0 Å². The molecule has 0 aliphatic carbocycles. The highest BCUT2D eigenvalue weighted by atomic mass is 16.7. The Morgan fingerprint density at radius 2 is 1.55 bits per heavy atom. The summed E-state index contributed by atoms with van der Waals surface area (Å²) in [4.78, 5) is 12.2. The van der Waals surface area contributed by atoms with E-state index in [9.17, 15) is 4.79 Å². The zero-order chi connectivity index (χ0) is 21.2. The number of amides is 2. The van der Waals surface area contributed by atoms with Crippen molar-refractivity contribution in [1.82, 2.24) is 0 Å². The van der Waals surface area contributed by atoms with Crippen LogP contribution >= 0.6 is 0 Å². The number of anilines is 2. The van der Waals surface area contributed by atoms with Crippen LogP contribution in [0.15, 0.2) is 76.9 Å². The number of benzene rings is 3. The van der Waals surface area contributed by atoms with E-state index in [4.69, 9.17) is 9.47 Å². The molecule has 0 bridgehead atoms. The van der Waals surface area contributed by atoms with Crippen molar-refractivity contribution in [3.63, 3.8) is 0 Å². The van der Waals surface area contributed by atoms with E-state index in [0.29, 0.717) is 17.9 Å². The molecule has 0 saturated carbocycles. The van der Waals surface area contributed by atoms with Gasteiger partial charge in [-0.25, -0.2) is 4.79 Å². The summed E-state index contributed by atoms with van der Waals surface area (Å²) < 4.78 is 11.1. The monoisotopic (exact) mass is 412 g/mol. The number of rotatable bonds is 3. The van der Waals surface area contributed by atoms with Crippen LogP contribution < -0.4 is 20.1 Å². The lowest BCUT2D eigenvalue weighted by atomic mass is 9.94. The van der Waals surface area contributed by atoms with Crippen LogP contribution in [0.3, 0.4) is 0 Å². The van der Waals surface area contributed by atoms with Crippen LogP contribution in [0.2, 0.25) is 0 Å². The predicted molar refractivity (Wildman–Crippen MR) is 121 cm³/mol. The summed E-state index contributed by atoms with van der Waals surface area (Å²) in [5, 5.41) is 14.5. The molecule has 3 aromatic rings.